The van der Waals surface area contributed by atoms with E-state index in [1.807, 2.05) is 0 Å². The van der Waals surface area contributed by atoms with Crippen LogP contribution in [0, 0.1) is 0 Å². The second kappa shape index (κ2) is 7.01. The van der Waals surface area contributed by atoms with Crippen molar-refractivity contribution in [2.75, 3.05) is 6.54 Å². The predicted molar refractivity (Wildman–Crippen MR) is 66.4 cm³/mol. The van der Waals surface area contributed by atoms with Crippen molar-refractivity contribution in [3.63, 3.8) is 0 Å². The van der Waals surface area contributed by atoms with Gasteiger partial charge in [0.2, 0.25) is 0 Å². The van der Waals surface area contributed by atoms with Crippen LogP contribution in [0.4, 0.5) is 13.2 Å². The van der Waals surface area contributed by atoms with Crippen molar-refractivity contribution in [2.24, 2.45) is 0 Å². The number of alkyl halides is 3. The second-order valence-electron chi connectivity index (χ2n) is 4.01. The van der Waals surface area contributed by atoms with Gasteiger partial charge < -0.3 is 10.4 Å². The maximum absolute atomic E-state index is 12.1. The monoisotopic (exact) mass is 279 g/mol. The van der Waals surface area contributed by atoms with Gasteiger partial charge in [-0.3, -0.25) is 0 Å². The van der Waals surface area contributed by atoms with Crippen molar-refractivity contribution in [1.82, 2.24) is 5.32 Å². The van der Waals surface area contributed by atoms with Crippen LogP contribution in [0.1, 0.15) is 18.9 Å². The van der Waals surface area contributed by atoms with Gasteiger partial charge in [-0.25, -0.2) is 0 Å². The van der Waals surface area contributed by atoms with E-state index in [1.54, 1.807) is 19.1 Å². The number of aliphatic hydroxyl groups is 1. The molecule has 0 saturated carbocycles. The van der Waals surface area contributed by atoms with Gasteiger partial charge in [-0.1, -0.05) is 12.1 Å². The first-order valence-corrected chi connectivity index (χ1v) is 6.42. The van der Waals surface area contributed by atoms with Crippen molar-refractivity contribution < 1.29 is 18.3 Å². The predicted octanol–water partition coefficient (Wildman–Crippen LogP) is 3.16. The van der Waals surface area contributed by atoms with E-state index in [9.17, 15) is 13.2 Å². The topological polar surface area (TPSA) is 32.3 Å². The Hall–Kier alpha value is -0.720. The van der Waals surface area contributed by atoms with Gasteiger partial charge in [-0.05, 0) is 49.3 Å². The zero-order chi connectivity index (χ0) is 13.6. The second-order valence-corrected chi connectivity index (χ2v) is 5.14. The Morgan fingerprint density at radius 1 is 1.28 bits per heavy atom. The minimum atomic E-state index is -4.24. The smallest absolute Gasteiger partial charge is 0.393 e. The summed E-state index contributed by atoms with van der Waals surface area (Å²) in [5.74, 6) is 0. The Kier molecular flexibility index (Phi) is 5.98. The molecule has 1 rings (SSSR count). The fourth-order valence-corrected chi connectivity index (χ4v) is 1.89. The first kappa shape index (κ1) is 15.3. The maximum atomic E-state index is 12.1. The summed E-state index contributed by atoms with van der Waals surface area (Å²) >= 11 is -0.112. The molecule has 18 heavy (non-hydrogen) atoms. The third-order valence-electron chi connectivity index (χ3n) is 2.22. The Morgan fingerprint density at radius 2 is 1.89 bits per heavy atom. The minimum absolute atomic E-state index is 0.112. The van der Waals surface area contributed by atoms with Gasteiger partial charge >= 0.3 is 5.51 Å². The van der Waals surface area contributed by atoms with E-state index in [-0.39, 0.29) is 22.8 Å². The highest BCUT2D eigenvalue weighted by Gasteiger charge is 2.28. The Bertz CT molecular complexity index is 351. The lowest BCUT2D eigenvalue weighted by atomic mass is 10.2. The SMILES string of the molecule is CC(O)CCNCc1ccc(SC(F)(F)F)cc1. The molecular weight excluding hydrogens is 263 g/mol. The number of hydrogen-bond donors (Lipinski definition) is 2. The molecule has 0 spiro atoms. The summed E-state index contributed by atoms with van der Waals surface area (Å²) in [5, 5.41) is 12.2. The van der Waals surface area contributed by atoms with Crippen LogP contribution in [0.3, 0.4) is 0 Å². The van der Waals surface area contributed by atoms with Crippen LogP contribution in [0.5, 0.6) is 0 Å². The van der Waals surface area contributed by atoms with Crippen molar-refractivity contribution in [3.05, 3.63) is 29.8 Å². The number of benzene rings is 1. The van der Waals surface area contributed by atoms with Crippen LogP contribution in [0.15, 0.2) is 29.2 Å². The Labute approximate surface area is 109 Å². The fraction of sp³-hybridized carbons (Fsp3) is 0.500. The van der Waals surface area contributed by atoms with E-state index in [0.29, 0.717) is 19.5 Å². The normalized spacial score (nSPS) is 13.6. The molecule has 0 saturated heterocycles. The summed E-state index contributed by atoms with van der Waals surface area (Å²) in [6, 6.07) is 6.26. The molecule has 0 aliphatic heterocycles. The molecule has 0 amide bonds. The molecule has 2 nitrogen and oxygen atoms in total. The molecule has 0 aliphatic rings. The zero-order valence-electron chi connectivity index (χ0n) is 10.00. The average Bonchev–Trinajstić information content (AvgIpc) is 2.24. The van der Waals surface area contributed by atoms with Crippen LogP contribution >= 0.6 is 11.8 Å². The van der Waals surface area contributed by atoms with Crippen molar-refractivity contribution in [3.8, 4) is 0 Å². The van der Waals surface area contributed by atoms with Gasteiger partial charge in [0.25, 0.3) is 0 Å². The summed E-state index contributed by atoms with van der Waals surface area (Å²) < 4.78 is 36.3. The van der Waals surface area contributed by atoms with Gasteiger partial charge in [-0.2, -0.15) is 13.2 Å². The van der Waals surface area contributed by atoms with Gasteiger partial charge in [0, 0.05) is 11.4 Å². The molecule has 0 radical (unpaired) electrons. The van der Waals surface area contributed by atoms with Gasteiger partial charge in [0.05, 0.1) is 6.10 Å². The third kappa shape index (κ3) is 6.88. The van der Waals surface area contributed by atoms with Crippen LogP contribution in [0.2, 0.25) is 0 Å². The fourth-order valence-electron chi connectivity index (χ4n) is 1.35. The summed E-state index contributed by atoms with van der Waals surface area (Å²) in [6.07, 6.45) is 0.310. The van der Waals surface area contributed by atoms with E-state index in [4.69, 9.17) is 5.11 Å². The molecule has 0 aliphatic carbocycles. The molecule has 1 aromatic carbocycles. The lowest BCUT2D eigenvalue weighted by molar-refractivity contribution is -0.0328. The quantitative estimate of drug-likeness (QED) is 0.620. The molecule has 102 valence electrons. The first-order valence-electron chi connectivity index (χ1n) is 5.60. The molecule has 0 heterocycles. The van der Waals surface area contributed by atoms with E-state index < -0.39 is 5.51 Å². The largest absolute Gasteiger partial charge is 0.446 e. The highest BCUT2D eigenvalue weighted by atomic mass is 32.2. The molecule has 1 atom stereocenters. The number of halogens is 3. The summed E-state index contributed by atoms with van der Waals surface area (Å²) in [6.45, 7) is 2.98. The summed E-state index contributed by atoms with van der Waals surface area (Å²) in [7, 11) is 0. The van der Waals surface area contributed by atoms with Crippen molar-refractivity contribution in [2.45, 2.75) is 36.4 Å². The van der Waals surface area contributed by atoms with E-state index >= 15 is 0 Å². The van der Waals surface area contributed by atoms with Gasteiger partial charge in [0.15, 0.2) is 0 Å². The number of aliphatic hydroxyl groups excluding tert-OH is 1. The van der Waals surface area contributed by atoms with Crippen LogP contribution in [-0.2, 0) is 6.54 Å². The van der Waals surface area contributed by atoms with E-state index in [1.165, 1.54) is 12.1 Å². The molecule has 6 heteroatoms. The molecule has 0 bridgehead atoms. The zero-order valence-corrected chi connectivity index (χ0v) is 10.8. The Morgan fingerprint density at radius 3 is 2.39 bits per heavy atom. The van der Waals surface area contributed by atoms with Crippen LogP contribution in [0.25, 0.3) is 0 Å². The first-order chi connectivity index (χ1) is 8.37. The lowest BCUT2D eigenvalue weighted by Gasteiger charge is -2.08. The molecule has 1 aromatic rings. The molecular formula is C12H16F3NOS. The summed E-state index contributed by atoms with van der Waals surface area (Å²) in [5.41, 5.74) is -3.32. The number of nitrogens with one attached hydrogen (secondary N) is 1. The molecule has 2 N–H and O–H groups in total. The van der Waals surface area contributed by atoms with Crippen LogP contribution < -0.4 is 5.32 Å². The van der Waals surface area contributed by atoms with E-state index in [0.717, 1.165) is 5.56 Å². The van der Waals surface area contributed by atoms with Crippen molar-refractivity contribution in [1.29, 1.82) is 0 Å². The molecule has 0 aromatic heterocycles. The van der Waals surface area contributed by atoms with Crippen LogP contribution in [-0.4, -0.2) is 23.3 Å². The third-order valence-corrected chi connectivity index (χ3v) is 2.96. The molecule has 0 fully saturated rings. The standard InChI is InChI=1S/C12H16F3NOS/c1-9(17)6-7-16-8-10-2-4-11(5-3-10)18-12(13,14)15/h2-5,9,16-17H,6-8H2,1H3. The molecule has 1 unspecified atom stereocenters. The van der Waals surface area contributed by atoms with Gasteiger partial charge in [-0.15, -0.1) is 0 Å². The lowest BCUT2D eigenvalue weighted by Crippen LogP contribution is -2.18. The average molecular weight is 279 g/mol. The van der Waals surface area contributed by atoms with Gasteiger partial charge in [0.1, 0.15) is 0 Å². The number of hydrogen-bond acceptors (Lipinski definition) is 3. The number of thioether (sulfide) groups is 1. The highest BCUT2D eigenvalue weighted by Crippen LogP contribution is 2.36. The Balaban J connectivity index is 2.36. The van der Waals surface area contributed by atoms with Crippen molar-refractivity contribution >= 4 is 11.8 Å². The van der Waals surface area contributed by atoms with E-state index in [2.05, 4.69) is 5.32 Å². The summed E-state index contributed by atoms with van der Waals surface area (Å²) in [4.78, 5) is 0.190. The highest BCUT2D eigenvalue weighted by molar-refractivity contribution is 8.00. The minimum Gasteiger partial charge on any atom is -0.393 e. The number of rotatable bonds is 6. The maximum Gasteiger partial charge on any atom is 0.446 e.